The second-order valence-electron chi connectivity index (χ2n) is 4.22. The van der Waals surface area contributed by atoms with E-state index in [-0.39, 0.29) is 41.7 Å². The summed E-state index contributed by atoms with van der Waals surface area (Å²) in [4.78, 5) is 10.8. The van der Waals surface area contributed by atoms with Crippen molar-refractivity contribution in [1.82, 2.24) is 0 Å². The molecule has 0 aliphatic rings. The van der Waals surface area contributed by atoms with Crippen LogP contribution < -0.4 is 29.6 Å². The van der Waals surface area contributed by atoms with Gasteiger partial charge >= 0.3 is 35.5 Å². The van der Waals surface area contributed by atoms with Crippen molar-refractivity contribution >= 4 is 16.1 Å². The van der Waals surface area contributed by atoms with Crippen LogP contribution in [-0.4, -0.2) is 36.1 Å². The van der Waals surface area contributed by atoms with Crippen molar-refractivity contribution in [1.29, 1.82) is 0 Å². The third kappa shape index (κ3) is 10.9. The van der Waals surface area contributed by atoms with Gasteiger partial charge in [-0.05, 0) is 38.3 Å². The summed E-state index contributed by atoms with van der Waals surface area (Å²) in [7, 11) is -4.72. The minimum atomic E-state index is -4.72. The Labute approximate surface area is 147 Å². The topological polar surface area (TPSA) is 104 Å². The third-order valence-corrected chi connectivity index (χ3v) is 3.41. The second kappa shape index (κ2) is 11.2. The van der Waals surface area contributed by atoms with Crippen molar-refractivity contribution in [2.24, 2.45) is 0 Å². The van der Waals surface area contributed by atoms with Crippen LogP contribution in [-0.2, 0) is 19.6 Å². The fourth-order valence-corrected chi connectivity index (χ4v) is 1.83. The molecule has 1 atom stereocenters. The van der Waals surface area contributed by atoms with Crippen molar-refractivity contribution in [3.63, 3.8) is 0 Å². The van der Waals surface area contributed by atoms with Crippen molar-refractivity contribution in [2.45, 2.75) is 32.1 Å². The van der Waals surface area contributed by atoms with Gasteiger partial charge in [0.15, 0.2) is 5.44 Å². The van der Waals surface area contributed by atoms with E-state index in [2.05, 4.69) is 6.58 Å². The largest absolute Gasteiger partial charge is 1.00 e. The molecule has 0 fully saturated rings. The molecule has 0 bridgehead atoms. The van der Waals surface area contributed by atoms with E-state index >= 15 is 0 Å². The van der Waals surface area contributed by atoms with Gasteiger partial charge in [0.2, 0.25) is 0 Å². The molecule has 6 nitrogen and oxygen atoms in total. The Bertz CT molecular complexity index is 507. The van der Waals surface area contributed by atoms with Gasteiger partial charge in [-0.15, -0.1) is 0 Å². The SMILES string of the molecule is C=CC(=O)OCC=C(C)CCC=C(C)C(O)S(=O)(=O)[O-].[Na+]. The van der Waals surface area contributed by atoms with E-state index < -0.39 is 21.5 Å². The number of hydrogen-bond donors (Lipinski definition) is 1. The maximum Gasteiger partial charge on any atom is 1.00 e. The molecule has 0 amide bonds. The number of carbonyl (C=O) groups is 1. The van der Waals surface area contributed by atoms with Gasteiger partial charge in [-0.2, -0.15) is 0 Å². The number of carbonyl (C=O) groups excluding carboxylic acids is 1. The normalized spacial score (nSPS) is 14.1. The van der Waals surface area contributed by atoms with Gasteiger partial charge in [-0.25, -0.2) is 13.2 Å². The van der Waals surface area contributed by atoms with Crippen LogP contribution in [0.1, 0.15) is 26.7 Å². The van der Waals surface area contributed by atoms with E-state index in [9.17, 15) is 22.9 Å². The van der Waals surface area contributed by atoms with E-state index in [4.69, 9.17) is 4.74 Å². The number of ether oxygens (including phenoxy) is 1. The standard InChI is InChI=1S/C13H20O6S.Na/c1-4-12(14)19-9-8-10(2)6-5-7-11(3)13(15)20(16,17)18;/h4,7-8,13,15H,1,5-6,9H2,2-3H3,(H,16,17,18);/q;+1/p-1. The molecule has 0 spiro atoms. The zero-order chi connectivity index (χ0) is 15.8. The molecule has 21 heavy (non-hydrogen) atoms. The number of esters is 1. The predicted molar refractivity (Wildman–Crippen MR) is 73.6 cm³/mol. The van der Waals surface area contributed by atoms with E-state index in [0.717, 1.165) is 11.6 Å². The molecule has 0 heterocycles. The molecular formula is C13H19NaO6S. The zero-order valence-electron chi connectivity index (χ0n) is 12.5. The summed E-state index contributed by atoms with van der Waals surface area (Å²) < 4.78 is 36.5. The van der Waals surface area contributed by atoms with E-state index in [1.165, 1.54) is 13.0 Å². The molecule has 0 radical (unpaired) electrons. The monoisotopic (exact) mass is 326 g/mol. The zero-order valence-corrected chi connectivity index (χ0v) is 15.4. The van der Waals surface area contributed by atoms with Crippen LogP contribution in [0.3, 0.4) is 0 Å². The summed E-state index contributed by atoms with van der Waals surface area (Å²) in [6.07, 6.45) is 5.34. The summed E-state index contributed by atoms with van der Waals surface area (Å²) in [5, 5.41) is 9.20. The molecule has 0 aromatic heterocycles. The maximum absolute atomic E-state index is 10.8. The van der Waals surface area contributed by atoms with Gasteiger partial charge in [0.05, 0.1) is 0 Å². The molecule has 8 heteroatoms. The Hall–Kier alpha value is -0.440. The Morgan fingerprint density at radius 2 is 1.95 bits per heavy atom. The predicted octanol–water partition coefficient (Wildman–Crippen LogP) is -1.74. The summed E-state index contributed by atoms with van der Waals surface area (Å²) in [6.45, 7) is 6.60. The molecule has 0 aliphatic carbocycles. The first-order chi connectivity index (χ1) is 9.18. The Morgan fingerprint density at radius 3 is 2.43 bits per heavy atom. The number of hydrogen-bond acceptors (Lipinski definition) is 6. The quantitative estimate of drug-likeness (QED) is 0.187. The number of rotatable bonds is 8. The fraction of sp³-hybridized carbons (Fsp3) is 0.462. The van der Waals surface area contributed by atoms with Crippen LogP contribution in [0.15, 0.2) is 36.0 Å². The molecule has 0 saturated heterocycles. The van der Waals surface area contributed by atoms with Gasteiger partial charge in [0.25, 0.3) is 0 Å². The molecular weight excluding hydrogens is 307 g/mol. The molecule has 1 unspecified atom stereocenters. The summed E-state index contributed by atoms with van der Waals surface area (Å²) in [5.41, 5.74) is -0.961. The van der Waals surface area contributed by atoms with Crippen LogP contribution >= 0.6 is 0 Å². The molecule has 0 aromatic rings. The minimum absolute atomic E-state index is 0. The molecule has 114 valence electrons. The fourth-order valence-electron chi connectivity index (χ4n) is 1.28. The molecule has 1 N–H and O–H groups in total. The van der Waals surface area contributed by atoms with Gasteiger partial charge < -0.3 is 14.4 Å². The summed E-state index contributed by atoms with van der Waals surface area (Å²) in [5.74, 6) is -0.506. The Kier molecular flexibility index (Phi) is 12.1. The van der Waals surface area contributed by atoms with E-state index in [0.29, 0.717) is 12.8 Å². The first-order valence-electron chi connectivity index (χ1n) is 5.92. The second-order valence-corrected chi connectivity index (χ2v) is 5.65. The van der Waals surface area contributed by atoms with Gasteiger partial charge in [-0.1, -0.05) is 18.2 Å². The molecule has 0 aliphatic heterocycles. The average molecular weight is 326 g/mol. The molecule has 0 rings (SSSR count). The number of aliphatic hydroxyl groups excluding tert-OH is 1. The van der Waals surface area contributed by atoms with Crippen molar-refractivity contribution in [2.75, 3.05) is 6.61 Å². The van der Waals surface area contributed by atoms with Gasteiger partial charge in [0.1, 0.15) is 16.7 Å². The van der Waals surface area contributed by atoms with Gasteiger partial charge in [-0.3, -0.25) is 0 Å². The van der Waals surface area contributed by atoms with E-state index in [1.54, 1.807) is 6.08 Å². The third-order valence-electron chi connectivity index (χ3n) is 2.49. The van der Waals surface area contributed by atoms with Crippen molar-refractivity contribution in [3.05, 3.63) is 36.0 Å². The minimum Gasteiger partial charge on any atom is -0.746 e. The number of allylic oxidation sites excluding steroid dienone is 2. The van der Waals surface area contributed by atoms with Crippen molar-refractivity contribution in [3.8, 4) is 0 Å². The maximum atomic E-state index is 10.8. The van der Waals surface area contributed by atoms with Crippen molar-refractivity contribution < 1.29 is 57.2 Å². The van der Waals surface area contributed by atoms with Gasteiger partial charge in [0, 0.05) is 6.08 Å². The molecule has 0 aromatic carbocycles. The van der Waals surface area contributed by atoms with Crippen LogP contribution in [0.4, 0.5) is 0 Å². The van der Waals surface area contributed by atoms with Crippen LogP contribution in [0, 0.1) is 0 Å². The first-order valence-corrected chi connectivity index (χ1v) is 7.40. The summed E-state index contributed by atoms with van der Waals surface area (Å²) in [6, 6.07) is 0. The summed E-state index contributed by atoms with van der Waals surface area (Å²) >= 11 is 0. The van der Waals surface area contributed by atoms with Crippen LogP contribution in [0.5, 0.6) is 0 Å². The first kappa shape index (κ1) is 22.8. The molecule has 0 saturated carbocycles. The van der Waals surface area contributed by atoms with Crippen LogP contribution in [0.25, 0.3) is 0 Å². The van der Waals surface area contributed by atoms with Crippen LogP contribution in [0.2, 0.25) is 0 Å². The van der Waals surface area contributed by atoms with E-state index in [1.807, 2.05) is 6.92 Å². The smallest absolute Gasteiger partial charge is 0.746 e. The Morgan fingerprint density at radius 1 is 1.38 bits per heavy atom. The number of aliphatic hydroxyl groups is 1. The Balaban J connectivity index is 0. The average Bonchev–Trinajstić information content (AvgIpc) is 2.36.